The lowest BCUT2D eigenvalue weighted by molar-refractivity contribution is -0.902. The molecule has 3 rings (SSSR count). The van der Waals surface area contributed by atoms with Gasteiger partial charge in [0.1, 0.15) is 5.82 Å². The van der Waals surface area contributed by atoms with Crippen LogP contribution in [-0.2, 0) is 11.8 Å². The first-order valence-electron chi connectivity index (χ1n) is 8.94. The number of aromatic nitrogens is 3. The van der Waals surface area contributed by atoms with Crippen LogP contribution in [0.15, 0.2) is 29.4 Å². The number of quaternary nitrogens is 1. The van der Waals surface area contributed by atoms with Crippen LogP contribution in [0.5, 0.6) is 0 Å². The van der Waals surface area contributed by atoms with E-state index in [1.54, 1.807) is 29.8 Å². The third-order valence-corrected chi connectivity index (χ3v) is 5.98. The van der Waals surface area contributed by atoms with E-state index in [4.69, 9.17) is 0 Å². The predicted octanol–water partition coefficient (Wildman–Crippen LogP) is 0.849. The number of nitrogens with zero attached hydrogens (tertiary/aromatic N) is 4. The largest absolute Gasteiger partial charge is 0.332 e. The molecule has 0 bridgehead atoms. The molecule has 0 unspecified atom stereocenters. The minimum Gasteiger partial charge on any atom is -0.332 e. The lowest BCUT2D eigenvalue weighted by Gasteiger charge is -2.32. The van der Waals surface area contributed by atoms with Gasteiger partial charge in [-0.3, -0.25) is 4.79 Å². The Labute approximate surface area is 157 Å². The molecule has 140 valence electrons. The highest BCUT2D eigenvalue weighted by atomic mass is 32.2. The number of benzene rings is 1. The van der Waals surface area contributed by atoms with Crippen LogP contribution < -0.4 is 4.90 Å². The van der Waals surface area contributed by atoms with Crippen LogP contribution in [0.3, 0.4) is 0 Å². The molecule has 6 nitrogen and oxygen atoms in total. The topological polar surface area (TPSA) is 55.5 Å². The van der Waals surface area contributed by atoms with Gasteiger partial charge in [-0.25, -0.2) is 4.39 Å². The van der Waals surface area contributed by atoms with Crippen molar-refractivity contribution in [1.29, 1.82) is 0 Å². The van der Waals surface area contributed by atoms with Crippen molar-refractivity contribution in [2.24, 2.45) is 7.05 Å². The molecule has 1 aliphatic heterocycles. The van der Waals surface area contributed by atoms with Crippen LogP contribution >= 0.6 is 11.8 Å². The Hall–Kier alpha value is -1.93. The maximum absolute atomic E-state index is 14.0. The maximum Gasteiger partial charge on any atom is 0.236 e. The van der Waals surface area contributed by atoms with Crippen molar-refractivity contribution >= 4 is 17.7 Å². The zero-order valence-corrected chi connectivity index (χ0v) is 16.2. The highest BCUT2D eigenvalue weighted by Gasteiger charge is 2.28. The fraction of sp³-hybridized carbons (Fsp3) is 0.500. The molecule has 1 saturated heterocycles. The Morgan fingerprint density at radius 1 is 1.31 bits per heavy atom. The predicted molar refractivity (Wildman–Crippen MR) is 99.5 cm³/mol. The van der Waals surface area contributed by atoms with Gasteiger partial charge in [0.15, 0.2) is 11.0 Å². The number of likely N-dealkylation sites (N-methyl/N-ethyl adjacent to an activating group) is 1. The first-order valence-corrected chi connectivity index (χ1v) is 9.82. The van der Waals surface area contributed by atoms with Gasteiger partial charge < -0.3 is 14.4 Å². The van der Waals surface area contributed by atoms with Crippen LogP contribution in [0, 0.1) is 5.82 Å². The van der Waals surface area contributed by atoms with Gasteiger partial charge in [0, 0.05) is 7.05 Å². The number of nitrogens with one attached hydrogen (secondary N) is 1. The normalized spacial score (nSPS) is 16.7. The van der Waals surface area contributed by atoms with Gasteiger partial charge in [-0.1, -0.05) is 23.9 Å². The summed E-state index contributed by atoms with van der Waals surface area (Å²) in [7, 11) is 1.80. The summed E-state index contributed by atoms with van der Waals surface area (Å²) in [6.07, 6.45) is 0. The Morgan fingerprint density at radius 3 is 2.65 bits per heavy atom. The zero-order valence-electron chi connectivity index (χ0n) is 15.4. The van der Waals surface area contributed by atoms with E-state index in [9.17, 15) is 9.18 Å². The molecule has 8 heteroatoms. The van der Waals surface area contributed by atoms with Crippen molar-refractivity contribution in [3.8, 4) is 11.4 Å². The van der Waals surface area contributed by atoms with Crippen LogP contribution in [0.2, 0.25) is 0 Å². The highest BCUT2D eigenvalue weighted by molar-refractivity contribution is 8.00. The average Bonchev–Trinajstić information content (AvgIpc) is 3.02. The average molecular weight is 378 g/mol. The number of halogens is 1. The molecule has 0 spiro atoms. The molecule has 0 aliphatic carbocycles. The Bertz CT molecular complexity index is 773. The molecule has 1 aliphatic rings. The molecule has 1 N–H and O–H groups in total. The molecular weight excluding hydrogens is 353 g/mol. The quantitative estimate of drug-likeness (QED) is 0.784. The SMILES string of the molecule is CC[NH+]1CCN(C(=O)[C@@H](C)Sc2nnc(-c3ccccc3F)n2C)CC1. The van der Waals surface area contributed by atoms with Crippen LogP contribution in [0.4, 0.5) is 4.39 Å². The zero-order chi connectivity index (χ0) is 18.7. The van der Waals surface area contributed by atoms with E-state index in [1.165, 1.54) is 22.7 Å². The fourth-order valence-electron chi connectivity index (χ4n) is 3.16. The van der Waals surface area contributed by atoms with Gasteiger partial charge in [-0.05, 0) is 26.0 Å². The van der Waals surface area contributed by atoms with E-state index in [0.29, 0.717) is 16.5 Å². The molecule has 1 atom stereocenters. The number of carbonyl (C=O) groups is 1. The minimum atomic E-state index is -0.333. The molecule has 1 aromatic heterocycles. The maximum atomic E-state index is 14.0. The number of hydrogen-bond donors (Lipinski definition) is 1. The summed E-state index contributed by atoms with van der Waals surface area (Å²) in [5.41, 5.74) is 0.409. The van der Waals surface area contributed by atoms with Crippen molar-refractivity contribution in [2.75, 3.05) is 32.7 Å². The number of piperazine rings is 1. The molecule has 0 radical (unpaired) electrons. The van der Waals surface area contributed by atoms with Crippen molar-refractivity contribution in [3.05, 3.63) is 30.1 Å². The van der Waals surface area contributed by atoms with E-state index in [1.807, 2.05) is 11.8 Å². The van der Waals surface area contributed by atoms with Gasteiger partial charge in [-0.15, -0.1) is 10.2 Å². The van der Waals surface area contributed by atoms with Crippen molar-refractivity contribution in [1.82, 2.24) is 19.7 Å². The highest BCUT2D eigenvalue weighted by Crippen LogP contribution is 2.27. The fourth-order valence-corrected chi connectivity index (χ4v) is 4.06. The standard InChI is InChI=1S/C18H24FN5OS/c1-4-23-9-11-24(12-10-23)17(25)13(2)26-18-21-20-16(22(18)3)14-7-5-6-8-15(14)19/h5-8,13H,4,9-12H2,1-3H3/p+1/t13-/m1/s1. The van der Waals surface area contributed by atoms with Gasteiger partial charge in [0.05, 0.1) is 43.5 Å². The molecular formula is C18H25FN5OS+. The van der Waals surface area contributed by atoms with Crippen molar-refractivity contribution < 1.29 is 14.1 Å². The third kappa shape index (κ3) is 3.91. The molecule has 1 amide bonds. The van der Waals surface area contributed by atoms with E-state index < -0.39 is 0 Å². The lowest BCUT2D eigenvalue weighted by Crippen LogP contribution is -3.14. The van der Waals surface area contributed by atoms with Crippen LogP contribution in [0.25, 0.3) is 11.4 Å². The monoisotopic (exact) mass is 378 g/mol. The summed E-state index contributed by atoms with van der Waals surface area (Å²) in [6, 6.07) is 6.49. The molecule has 26 heavy (non-hydrogen) atoms. The Morgan fingerprint density at radius 2 is 2.00 bits per heavy atom. The molecule has 0 saturated carbocycles. The summed E-state index contributed by atoms with van der Waals surface area (Å²) in [5, 5.41) is 8.63. The minimum absolute atomic E-state index is 0.126. The summed E-state index contributed by atoms with van der Waals surface area (Å²) < 4.78 is 15.8. The van der Waals surface area contributed by atoms with Gasteiger partial charge in [0.2, 0.25) is 5.91 Å². The summed E-state index contributed by atoms with van der Waals surface area (Å²) in [5.74, 6) is 0.256. The van der Waals surface area contributed by atoms with Gasteiger partial charge >= 0.3 is 0 Å². The van der Waals surface area contributed by atoms with Crippen LogP contribution in [0.1, 0.15) is 13.8 Å². The van der Waals surface area contributed by atoms with Crippen molar-refractivity contribution in [2.45, 2.75) is 24.3 Å². The second-order valence-corrected chi connectivity index (χ2v) is 7.84. The Balaban J connectivity index is 1.68. The second kappa shape index (κ2) is 8.18. The van der Waals surface area contributed by atoms with E-state index in [-0.39, 0.29) is 17.0 Å². The van der Waals surface area contributed by atoms with Gasteiger partial charge in [-0.2, -0.15) is 0 Å². The summed E-state index contributed by atoms with van der Waals surface area (Å²) in [4.78, 5) is 16.2. The number of thioether (sulfide) groups is 1. The van der Waals surface area contributed by atoms with E-state index >= 15 is 0 Å². The lowest BCUT2D eigenvalue weighted by atomic mass is 10.2. The first-order chi connectivity index (χ1) is 12.5. The van der Waals surface area contributed by atoms with Crippen LogP contribution in [-0.4, -0.2) is 63.5 Å². The number of hydrogen-bond acceptors (Lipinski definition) is 4. The first kappa shape index (κ1) is 18.8. The third-order valence-electron chi connectivity index (χ3n) is 4.86. The smallest absolute Gasteiger partial charge is 0.236 e. The van der Waals surface area contributed by atoms with E-state index in [2.05, 4.69) is 17.1 Å². The summed E-state index contributed by atoms with van der Waals surface area (Å²) >= 11 is 1.37. The number of amides is 1. The van der Waals surface area contributed by atoms with Gasteiger partial charge in [0.25, 0.3) is 0 Å². The number of carbonyl (C=O) groups excluding carboxylic acids is 1. The Kier molecular flexibility index (Phi) is 5.93. The number of rotatable bonds is 5. The molecule has 1 fully saturated rings. The molecule has 2 aromatic rings. The molecule has 2 heterocycles. The van der Waals surface area contributed by atoms with E-state index in [0.717, 1.165) is 32.7 Å². The summed E-state index contributed by atoms with van der Waals surface area (Å²) in [6.45, 7) is 8.76. The second-order valence-electron chi connectivity index (χ2n) is 6.53. The molecule has 1 aromatic carbocycles. The van der Waals surface area contributed by atoms with Crippen molar-refractivity contribution in [3.63, 3.8) is 0 Å².